The zero-order valence-electron chi connectivity index (χ0n) is 17.5. The molecule has 2 N–H and O–H groups in total. The number of aryl methyl sites for hydroxylation is 1. The number of anilines is 1. The molecule has 4 rings (SSSR count). The summed E-state index contributed by atoms with van der Waals surface area (Å²) in [6.45, 7) is 6.11. The topological polar surface area (TPSA) is 71.2 Å². The van der Waals surface area contributed by atoms with E-state index in [-0.39, 0.29) is 17.8 Å². The molecule has 0 spiro atoms. The second kappa shape index (κ2) is 9.30. The van der Waals surface area contributed by atoms with Crippen LogP contribution in [0.25, 0.3) is 11.1 Å². The first-order chi connectivity index (χ1) is 14.3. The molecule has 0 aliphatic carbocycles. The molecule has 0 atom stereocenters. The second-order valence-electron chi connectivity index (χ2n) is 7.45. The Hall–Kier alpha value is -2.86. The van der Waals surface area contributed by atoms with E-state index in [2.05, 4.69) is 40.1 Å². The molecular formula is C24H25BrN2O3. The maximum atomic E-state index is 12.1. The number of H-pyrrole nitrogens is 1. The predicted molar refractivity (Wildman–Crippen MR) is 123 cm³/mol. The van der Waals surface area contributed by atoms with E-state index >= 15 is 0 Å². The van der Waals surface area contributed by atoms with Gasteiger partial charge in [-0.25, -0.2) is 4.79 Å². The molecule has 1 aromatic heterocycles. The van der Waals surface area contributed by atoms with Crippen molar-refractivity contribution in [1.82, 2.24) is 4.98 Å². The Balaban J connectivity index is 0.000000196. The van der Waals surface area contributed by atoms with Crippen LogP contribution in [0.2, 0.25) is 0 Å². The SMILES string of the molecule is COC(=O)c1c(C(C)C)[nH]c(C)c1-c1ccccc1.O=C1Cc2cc(Br)ccc2N1. The summed E-state index contributed by atoms with van der Waals surface area (Å²) < 4.78 is 5.96. The van der Waals surface area contributed by atoms with Crippen LogP contribution in [-0.2, 0) is 16.0 Å². The molecule has 0 radical (unpaired) electrons. The summed E-state index contributed by atoms with van der Waals surface area (Å²) in [4.78, 5) is 26.3. The average molecular weight is 469 g/mol. The molecule has 2 aromatic carbocycles. The van der Waals surface area contributed by atoms with Gasteiger partial charge in [0.05, 0.1) is 19.1 Å². The first kappa shape index (κ1) is 21.8. The summed E-state index contributed by atoms with van der Waals surface area (Å²) in [6.07, 6.45) is 0.509. The fraction of sp³-hybridized carbons (Fsp3) is 0.250. The molecule has 1 aliphatic heterocycles. The molecule has 1 amide bonds. The molecule has 3 aromatic rings. The van der Waals surface area contributed by atoms with Crippen molar-refractivity contribution in [3.05, 3.63) is 75.5 Å². The molecule has 0 saturated heterocycles. The van der Waals surface area contributed by atoms with E-state index in [1.165, 1.54) is 7.11 Å². The Morgan fingerprint density at radius 1 is 1.13 bits per heavy atom. The summed E-state index contributed by atoms with van der Waals surface area (Å²) in [5.74, 6) is 0.0373. The Morgan fingerprint density at radius 2 is 1.83 bits per heavy atom. The van der Waals surface area contributed by atoms with Gasteiger partial charge in [0, 0.05) is 27.1 Å². The normalized spacial score (nSPS) is 12.1. The van der Waals surface area contributed by atoms with Crippen LogP contribution in [-0.4, -0.2) is 24.0 Å². The minimum absolute atomic E-state index is 0.0816. The van der Waals surface area contributed by atoms with Crippen LogP contribution in [0, 0.1) is 6.92 Å². The van der Waals surface area contributed by atoms with Crippen molar-refractivity contribution in [1.29, 1.82) is 0 Å². The largest absolute Gasteiger partial charge is 0.465 e. The lowest BCUT2D eigenvalue weighted by molar-refractivity contribution is -0.115. The van der Waals surface area contributed by atoms with E-state index in [1.54, 1.807) is 0 Å². The third-order valence-corrected chi connectivity index (χ3v) is 5.43. The van der Waals surface area contributed by atoms with Gasteiger partial charge < -0.3 is 15.0 Å². The van der Waals surface area contributed by atoms with E-state index in [1.807, 2.05) is 55.5 Å². The molecule has 1 aliphatic rings. The van der Waals surface area contributed by atoms with E-state index in [0.717, 1.165) is 38.2 Å². The van der Waals surface area contributed by atoms with Gasteiger partial charge in [-0.15, -0.1) is 0 Å². The number of carbonyl (C=O) groups excluding carboxylic acids is 2. The number of hydrogen-bond donors (Lipinski definition) is 2. The average Bonchev–Trinajstić information content (AvgIpc) is 3.27. The summed E-state index contributed by atoms with van der Waals surface area (Å²) in [5, 5.41) is 2.76. The van der Waals surface area contributed by atoms with E-state index in [4.69, 9.17) is 4.74 Å². The minimum atomic E-state index is -0.285. The smallest absolute Gasteiger partial charge is 0.340 e. The number of aromatic nitrogens is 1. The molecular weight excluding hydrogens is 444 g/mol. The number of benzene rings is 2. The van der Waals surface area contributed by atoms with Crippen molar-refractivity contribution < 1.29 is 14.3 Å². The molecule has 0 fully saturated rings. The first-order valence-corrected chi connectivity index (χ1v) is 10.6. The number of rotatable bonds is 3. The lowest BCUT2D eigenvalue weighted by Crippen LogP contribution is -2.06. The van der Waals surface area contributed by atoms with E-state index < -0.39 is 0 Å². The van der Waals surface area contributed by atoms with Crippen LogP contribution >= 0.6 is 15.9 Å². The summed E-state index contributed by atoms with van der Waals surface area (Å²) in [5.41, 5.74) is 6.57. The number of aromatic amines is 1. The third kappa shape index (κ3) is 4.65. The van der Waals surface area contributed by atoms with Gasteiger partial charge in [0.1, 0.15) is 0 Å². The van der Waals surface area contributed by atoms with Crippen molar-refractivity contribution >= 4 is 33.5 Å². The Morgan fingerprint density at radius 3 is 2.47 bits per heavy atom. The number of halogens is 1. The van der Waals surface area contributed by atoms with E-state index in [9.17, 15) is 9.59 Å². The van der Waals surface area contributed by atoms with Gasteiger partial charge in [-0.1, -0.05) is 60.1 Å². The summed E-state index contributed by atoms with van der Waals surface area (Å²) >= 11 is 3.35. The molecule has 156 valence electrons. The highest BCUT2D eigenvalue weighted by atomic mass is 79.9. The predicted octanol–water partition coefficient (Wildman–Crippen LogP) is 5.84. The van der Waals surface area contributed by atoms with Crippen LogP contribution in [0.15, 0.2) is 53.0 Å². The van der Waals surface area contributed by atoms with E-state index in [0.29, 0.717) is 12.0 Å². The van der Waals surface area contributed by atoms with Gasteiger partial charge in [-0.2, -0.15) is 0 Å². The number of ether oxygens (including phenoxy) is 1. The highest BCUT2D eigenvalue weighted by Crippen LogP contribution is 2.33. The van der Waals surface area contributed by atoms with Crippen molar-refractivity contribution in [2.24, 2.45) is 0 Å². The number of amides is 1. The summed E-state index contributed by atoms with van der Waals surface area (Å²) in [7, 11) is 1.42. The molecule has 6 heteroatoms. The van der Waals surface area contributed by atoms with Crippen molar-refractivity contribution in [2.75, 3.05) is 12.4 Å². The summed E-state index contributed by atoms with van der Waals surface area (Å²) in [6, 6.07) is 15.7. The lowest BCUT2D eigenvalue weighted by atomic mass is 9.97. The van der Waals surface area contributed by atoms with Gasteiger partial charge in [0.2, 0.25) is 5.91 Å². The fourth-order valence-corrected chi connectivity index (χ4v) is 3.97. The van der Waals surface area contributed by atoms with Crippen LogP contribution in [0.5, 0.6) is 0 Å². The van der Waals surface area contributed by atoms with Gasteiger partial charge in [0.25, 0.3) is 0 Å². The Labute approximate surface area is 185 Å². The minimum Gasteiger partial charge on any atom is -0.465 e. The number of esters is 1. The van der Waals surface area contributed by atoms with Crippen molar-refractivity contribution in [3.8, 4) is 11.1 Å². The molecule has 0 unspecified atom stereocenters. The molecule has 5 nitrogen and oxygen atoms in total. The highest BCUT2D eigenvalue weighted by molar-refractivity contribution is 9.10. The number of fused-ring (bicyclic) bond motifs is 1. The Kier molecular flexibility index (Phi) is 6.77. The molecule has 0 saturated carbocycles. The lowest BCUT2D eigenvalue weighted by Gasteiger charge is -2.08. The van der Waals surface area contributed by atoms with Crippen LogP contribution in [0.3, 0.4) is 0 Å². The zero-order chi connectivity index (χ0) is 21.8. The second-order valence-corrected chi connectivity index (χ2v) is 8.37. The Bertz CT molecular complexity index is 1070. The van der Waals surface area contributed by atoms with Crippen molar-refractivity contribution in [3.63, 3.8) is 0 Å². The quantitative estimate of drug-likeness (QED) is 0.473. The van der Waals surface area contributed by atoms with Gasteiger partial charge in [-0.05, 0) is 42.2 Å². The van der Waals surface area contributed by atoms with Crippen LogP contribution in [0.4, 0.5) is 5.69 Å². The van der Waals surface area contributed by atoms with Crippen molar-refractivity contribution in [2.45, 2.75) is 33.1 Å². The third-order valence-electron chi connectivity index (χ3n) is 4.94. The van der Waals surface area contributed by atoms with Crippen LogP contribution in [0.1, 0.15) is 47.1 Å². The first-order valence-electron chi connectivity index (χ1n) is 9.76. The molecule has 30 heavy (non-hydrogen) atoms. The number of hydrogen-bond acceptors (Lipinski definition) is 3. The van der Waals surface area contributed by atoms with Crippen LogP contribution < -0.4 is 5.32 Å². The zero-order valence-corrected chi connectivity index (χ0v) is 19.1. The number of nitrogens with one attached hydrogen (secondary N) is 2. The van der Waals surface area contributed by atoms with Gasteiger partial charge in [0.15, 0.2) is 0 Å². The molecule has 0 bridgehead atoms. The van der Waals surface area contributed by atoms with Gasteiger partial charge >= 0.3 is 5.97 Å². The fourth-order valence-electron chi connectivity index (χ4n) is 3.56. The standard InChI is InChI=1S/C16H19NO2.C8H6BrNO/c1-10(2)15-14(16(18)19-4)13(11(3)17-15)12-8-6-5-7-9-12;9-6-1-2-7-5(3-6)4-8(11)10-7/h5-10,17H,1-4H3;1-3H,4H2,(H,10,11). The maximum Gasteiger partial charge on any atom is 0.340 e. The maximum absolute atomic E-state index is 12.1. The highest BCUT2D eigenvalue weighted by Gasteiger charge is 2.24. The monoisotopic (exact) mass is 468 g/mol. The number of carbonyl (C=O) groups is 2. The molecule has 2 heterocycles. The number of methoxy groups -OCH3 is 1. The van der Waals surface area contributed by atoms with Gasteiger partial charge in [-0.3, -0.25) is 4.79 Å².